The molecule has 3 rings (SSSR count). The molecule has 0 fully saturated rings. The summed E-state index contributed by atoms with van der Waals surface area (Å²) in [7, 11) is 0. The third kappa shape index (κ3) is 5.02. The molecule has 156 valence electrons. The minimum Gasteiger partial charge on any atom is -0.480 e. The van der Waals surface area contributed by atoms with Crippen molar-refractivity contribution in [2.45, 2.75) is 31.7 Å². The highest BCUT2D eigenvalue weighted by Crippen LogP contribution is 2.20. The first-order chi connectivity index (χ1) is 14.0. The number of amides is 3. The number of aliphatic hydroxyl groups is 1. The van der Waals surface area contributed by atoms with E-state index in [-0.39, 0.29) is 0 Å². The number of aliphatic hydroxyl groups excluding tert-OH is 1. The number of nitrogens with zero attached hydrogens (tertiary/aromatic N) is 3. The molecule has 0 bridgehead atoms. The average molecular weight is 403 g/mol. The summed E-state index contributed by atoms with van der Waals surface area (Å²) in [6, 6.07) is 2.41. The smallest absolute Gasteiger partial charge is 0.323 e. The Bertz CT molecular complexity index is 812. The van der Waals surface area contributed by atoms with Crippen molar-refractivity contribution < 1.29 is 24.6 Å². The van der Waals surface area contributed by atoms with E-state index in [2.05, 4.69) is 21.7 Å². The molecule has 0 aliphatic carbocycles. The number of carbonyl (C=O) groups excluding carboxylic acids is 2. The zero-order chi connectivity index (χ0) is 20.8. The standard InChI is InChI=1S/C19H25N5O5/c25-12-15-18(28)23(11-16(26)27)9-10-24(15)19(29)21-8-2-4-14-6-5-13-3-1-7-20-17(13)22-14/h5-6,9-10,15,25H,1-4,7-8,11-12H2,(H,20,22)(H,21,29)(H,26,27). The fraction of sp³-hybridized carbons (Fsp3) is 0.474. The van der Waals surface area contributed by atoms with Gasteiger partial charge in [-0.25, -0.2) is 9.78 Å². The Morgan fingerprint density at radius 3 is 2.90 bits per heavy atom. The third-order valence-electron chi connectivity index (χ3n) is 4.86. The van der Waals surface area contributed by atoms with Crippen molar-refractivity contribution in [3.8, 4) is 0 Å². The van der Waals surface area contributed by atoms with Crippen LogP contribution in [0.1, 0.15) is 24.1 Å². The molecule has 0 saturated carbocycles. The maximum Gasteiger partial charge on any atom is 0.323 e. The van der Waals surface area contributed by atoms with Crippen LogP contribution in [0.5, 0.6) is 0 Å². The Labute approximate surface area is 168 Å². The number of carboxylic acids is 1. The van der Waals surface area contributed by atoms with Gasteiger partial charge >= 0.3 is 12.0 Å². The first-order valence-electron chi connectivity index (χ1n) is 9.60. The lowest BCUT2D eigenvalue weighted by Crippen LogP contribution is -2.55. The van der Waals surface area contributed by atoms with Gasteiger partial charge < -0.3 is 25.7 Å². The lowest BCUT2D eigenvalue weighted by atomic mass is 10.1. The van der Waals surface area contributed by atoms with Crippen LogP contribution in [0.2, 0.25) is 0 Å². The average Bonchev–Trinajstić information content (AvgIpc) is 2.72. The minimum atomic E-state index is -1.18. The van der Waals surface area contributed by atoms with E-state index in [0.29, 0.717) is 19.4 Å². The molecule has 0 spiro atoms. The molecule has 1 unspecified atom stereocenters. The number of anilines is 1. The molecule has 1 atom stereocenters. The number of carboxylic acid groups (broad SMARTS) is 1. The van der Waals surface area contributed by atoms with Gasteiger partial charge in [0.1, 0.15) is 18.4 Å². The fourth-order valence-electron chi connectivity index (χ4n) is 3.36. The Morgan fingerprint density at radius 2 is 2.14 bits per heavy atom. The second-order valence-electron chi connectivity index (χ2n) is 6.94. The van der Waals surface area contributed by atoms with Gasteiger partial charge in [-0.3, -0.25) is 14.5 Å². The first-order valence-corrected chi connectivity index (χ1v) is 9.60. The van der Waals surface area contributed by atoms with Gasteiger partial charge in [-0.2, -0.15) is 0 Å². The molecule has 2 aliphatic heterocycles. The highest BCUT2D eigenvalue weighted by atomic mass is 16.4. The Balaban J connectivity index is 1.50. The van der Waals surface area contributed by atoms with Gasteiger partial charge in [-0.05, 0) is 37.3 Å². The number of hydrogen-bond acceptors (Lipinski definition) is 6. The van der Waals surface area contributed by atoms with Gasteiger partial charge in [0.2, 0.25) is 0 Å². The fourth-order valence-corrected chi connectivity index (χ4v) is 3.36. The summed E-state index contributed by atoms with van der Waals surface area (Å²) in [5.74, 6) is -0.881. The zero-order valence-corrected chi connectivity index (χ0v) is 16.0. The minimum absolute atomic E-state index is 0.376. The molecule has 2 aliphatic rings. The summed E-state index contributed by atoms with van der Waals surface area (Å²) < 4.78 is 0. The third-order valence-corrected chi connectivity index (χ3v) is 4.86. The molecule has 1 aromatic rings. The molecule has 3 heterocycles. The number of aliphatic carboxylic acids is 1. The summed E-state index contributed by atoms with van der Waals surface area (Å²) in [4.78, 5) is 42.1. The molecule has 1 aromatic heterocycles. The molecule has 0 saturated heterocycles. The van der Waals surface area contributed by atoms with Gasteiger partial charge in [0.05, 0.1) is 6.61 Å². The number of urea groups is 1. The van der Waals surface area contributed by atoms with E-state index in [1.165, 1.54) is 18.0 Å². The van der Waals surface area contributed by atoms with E-state index in [9.17, 15) is 19.5 Å². The van der Waals surface area contributed by atoms with E-state index in [0.717, 1.165) is 40.7 Å². The summed E-state index contributed by atoms with van der Waals surface area (Å²) in [5.41, 5.74) is 2.17. The van der Waals surface area contributed by atoms with Gasteiger partial charge in [0.15, 0.2) is 0 Å². The quantitative estimate of drug-likeness (QED) is 0.476. The van der Waals surface area contributed by atoms with E-state index < -0.39 is 37.1 Å². The molecular weight excluding hydrogens is 378 g/mol. The number of rotatable bonds is 7. The van der Waals surface area contributed by atoms with Crippen molar-refractivity contribution in [2.24, 2.45) is 0 Å². The number of nitrogens with one attached hydrogen (secondary N) is 2. The second kappa shape index (κ2) is 9.37. The Morgan fingerprint density at radius 1 is 1.31 bits per heavy atom. The van der Waals surface area contributed by atoms with Crippen molar-refractivity contribution in [1.29, 1.82) is 0 Å². The lowest BCUT2D eigenvalue weighted by Gasteiger charge is -2.34. The summed E-state index contributed by atoms with van der Waals surface area (Å²) in [6.07, 6.45) is 6.03. The molecular formula is C19H25N5O5. The van der Waals surface area contributed by atoms with E-state index in [4.69, 9.17) is 5.11 Å². The first kappa shape index (κ1) is 20.6. The van der Waals surface area contributed by atoms with Crippen LogP contribution in [-0.4, -0.2) is 75.2 Å². The molecule has 0 aromatic carbocycles. The molecule has 10 heteroatoms. The predicted octanol–water partition coefficient (Wildman–Crippen LogP) is 0.143. The number of pyridine rings is 1. The Kier molecular flexibility index (Phi) is 6.65. The largest absolute Gasteiger partial charge is 0.480 e. The number of fused-ring (bicyclic) bond motifs is 1. The topological polar surface area (TPSA) is 135 Å². The maximum atomic E-state index is 12.4. The van der Waals surface area contributed by atoms with Crippen LogP contribution in [0, 0.1) is 0 Å². The summed E-state index contributed by atoms with van der Waals surface area (Å²) >= 11 is 0. The molecule has 4 N–H and O–H groups in total. The van der Waals surface area contributed by atoms with E-state index in [1.807, 2.05) is 6.07 Å². The van der Waals surface area contributed by atoms with Crippen LogP contribution in [0.15, 0.2) is 24.5 Å². The van der Waals surface area contributed by atoms with Crippen molar-refractivity contribution in [1.82, 2.24) is 20.1 Å². The highest BCUT2D eigenvalue weighted by Gasteiger charge is 2.34. The predicted molar refractivity (Wildman–Crippen MR) is 104 cm³/mol. The van der Waals surface area contributed by atoms with Crippen LogP contribution in [-0.2, 0) is 22.4 Å². The molecule has 10 nitrogen and oxygen atoms in total. The Hall–Kier alpha value is -3.14. The number of aromatic nitrogens is 1. The lowest BCUT2D eigenvalue weighted by molar-refractivity contribution is -0.145. The number of aryl methyl sites for hydroxylation is 2. The van der Waals surface area contributed by atoms with Crippen molar-refractivity contribution in [3.05, 3.63) is 35.8 Å². The van der Waals surface area contributed by atoms with Gasteiger partial charge in [0.25, 0.3) is 5.91 Å². The van der Waals surface area contributed by atoms with Gasteiger partial charge in [-0.1, -0.05) is 6.07 Å². The summed E-state index contributed by atoms with van der Waals surface area (Å²) in [6.45, 7) is 0.181. The van der Waals surface area contributed by atoms with E-state index in [1.54, 1.807) is 0 Å². The molecule has 0 radical (unpaired) electrons. The van der Waals surface area contributed by atoms with Gasteiger partial charge in [-0.15, -0.1) is 0 Å². The normalized spacial score (nSPS) is 18.2. The van der Waals surface area contributed by atoms with Crippen molar-refractivity contribution in [3.63, 3.8) is 0 Å². The zero-order valence-electron chi connectivity index (χ0n) is 16.0. The van der Waals surface area contributed by atoms with Crippen LogP contribution in [0.3, 0.4) is 0 Å². The maximum absolute atomic E-state index is 12.4. The van der Waals surface area contributed by atoms with Crippen molar-refractivity contribution >= 4 is 23.7 Å². The summed E-state index contributed by atoms with van der Waals surface area (Å²) in [5, 5.41) is 24.3. The molecule has 3 amide bonds. The highest BCUT2D eigenvalue weighted by molar-refractivity contribution is 5.91. The van der Waals surface area contributed by atoms with Gasteiger partial charge in [0, 0.05) is 31.2 Å². The van der Waals surface area contributed by atoms with Crippen LogP contribution in [0.4, 0.5) is 10.6 Å². The molecule has 29 heavy (non-hydrogen) atoms. The monoisotopic (exact) mass is 403 g/mol. The number of hydrogen-bond donors (Lipinski definition) is 4. The van der Waals surface area contributed by atoms with Crippen LogP contribution < -0.4 is 10.6 Å². The van der Waals surface area contributed by atoms with Crippen LogP contribution >= 0.6 is 0 Å². The van der Waals surface area contributed by atoms with E-state index >= 15 is 0 Å². The second-order valence-corrected chi connectivity index (χ2v) is 6.94. The number of carbonyl (C=O) groups is 3. The van der Waals surface area contributed by atoms with Crippen LogP contribution in [0.25, 0.3) is 0 Å². The SMILES string of the molecule is O=C(O)CN1C=CN(C(=O)NCCCc2ccc3c(n2)NCCC3)C(CO)C1=O. The van der Waals surface area contributed by atoms with Crippen molar-refractivity contribution in [2.75, 3.05) is 31.6 Å².